The third kappa shape index (κ3) is 5.23. The molecule has 2 atom stereocenters. The van der Waals surface area contributed by atoms with E-state index in [0.29, 0.717) is 31.3 Å². The molecule has 0 saturated carbocycles. The number of aromatic nitrogens is 1. The number of sulfonamides is 1. The largest absolute Gasteiger partial charge is 0.379 e. The first-order chi connectivity index (χ1) is 13.1. The van der Waals surface area contributed by atoms with E-state index < -0.39 is 20.8 Å². The molecule has 0 spiro atoms. The number of hydrogen-bond acceptors (Lipinski definition) is 7. The van der Waals surface area contributed by atoms with E-state index in [4.69, 9.17) is 4.74 Å². The summed E-state index contributed by atoms with van der Waals surface area (Å²) >= 11 is 1.21. The van der Waals surface area contributed by atoms with Crippen molar-refractivity contribution in [3.8, 4) is 6.07 Å². The minimum atomic E-state index is -3.59. The van der Waals surface area contributed by atoms with Gasteiger partial charge in [0.1, 0.15) is 10.4 Å². The Morgan fingerprint density at radius 3 is 2.50 bits per heavy atom. The summed E-state index contributed by atoms with van der Waals surface area (Å²) in [4.78, 5) is 16.7. The van der Waals surface area contributed by atoms with Crippen LogP contribution in [0.15, 0.2) is 28.3 Å². The normalized spacial score (nSPS) is 18.9. The van der Waals surface area contributed by atoms with Crippen molar-refractivity contribution in [3.63, 3.8) is 0 Å². The Balaban J connectivity index is 2.03. The predicted octanol–water partition coefficient (Wildman–Crippen LogP) is 1.64. The number of hydrogen-bond donors (Lipinski definition) is 1. The molecule has 10 heteroatoms. The van der Waals surface area contributed by atoms with Crippen molar-refractivity contribution in [1.29, 1.82) is 5.26 Å². The fourth-order valence-electron chi connectivity index (χ4n) is 2.42. The van der Waals surface area contributed by atoms with Gasteiger partial charge in [0.2, 0.25) is 15.9 Å². The summed E-state index contributed by atoms with van der Waals surface area (Å²) < 4.78 is 31.8. The third-order valence-electron chi connectivity index (χ3n) is 4.75. The number of nitrogens with one attached hydrogen (secondary N) is 1. The van der Waals surface area contributed by atoms with Crippen LogP contribution in [0.1, 0.15) is 27.7 Å². The van der Waals surface area contributed by atoms with Crippen molar-refractivity contribution in [3.05, 3.63) is 18.3 Å². The van der Waals surface area contributed by atoms with E-state index in [-0.39, 0.29) is 16.7 Å². The lowest BCUT2D eigenvalue weighted by atomic mass is 9.90. The quantitative estimate of drug-likeness (QED) is 0.660. The predicted molar refractivity (Wildman–Crippen MR) is 106 cm³/mol. The lowest BCUT2D eigenvalue weighted by Crippen LogP contribution is -2.51. The van der Waals surface area contributed by atoms with E-state index >= 15 is 0 Å². The molecular weight excluding hydrogens is 400 g/mol. The molecule has 28 heavy (non-hydrogen) atoms. The first kappa shape index (κ1) is 22.6. The van der Waals surface area contributed by atoms with Crippen LogP contribution >= 0.6 is 11.8 Å². The number of nitrogens with zero attached hydrogens (tertiary/aromatic N) is 3. The van der Waals surface area contributed by atoms with Gasteiger partial charge < -0.3 is 10.1 Å². The molecule has 1 saturated heterocycles. The van der Waals surface area contributed by atoms with Crippen LogP contribution in [-0.4, -0.2) is 60.7 Å². The number of morpholine rings is 1. The molecule has 2 rings (SSSR count). The van der Waals surface area contributed by atoms with Crippen molar-refractivity contribution in [2.45, 2.75) is 48.4 Å². The molecule has 0 aromatic carbocycles. The molecular formula is C18H26N4O4S2. The van der Waals surface area contributed by atoms with Gasteiger partial charge in [-0.2, -0.15) is 9.57 Å². The Bertz CT molecular complexity index is 830. The molecule has 0 radical (unpaired) electrons. The number of pyridine rings is 1. The molecule has 0 bridgehead atoms. The first-order valence-corrected chi connectivity index (χ1v) is 11.4. The van der Waals surface area contributed by atoms with Gasteiger partial charge >= 0.3 is 0 Å². The van der Waals surface area contributed by atoms with Crippen molar-refractivity contribution in [2.24, 2.45) is 5.92 Å². The number of rotatable bonds is 7. The average molecular weight is 427 g/mol. The number of carbonyl (C=O) groups excluding carboxylic acids is 1. The Morgan fingerprint density at radius 2 is 2.00 bits per heavy atom. The van der Waals surface area contributed by atoms with Crippen LogP contribution in [0.3, 0.4) is 0 Å². The second-order valence-electron chi connectivity index (χ2n) is 7.07. The fourth-order valence-corrected chi connectivity index (χ4v) is 4.56. The molecule has 0 aliphatic carbocycles. The molecule has 1 aromatic heterocycles. The number of ether oxygens (including phenoxy) is 1. The highest BCUT2D eigenvalue weighted by Crippen LogP contribution is 2.25. The molecule has 154 valence electrons. The molecule has 8 nitrogen and oxygen atoms in total. The highest BCUT2D eigenvalue weighted by molar-refractivity contribution is 8.00. The third-order valence-corrected chi connectivity index (χ3v) is 7.69. The van der Waals surface area contributed by atoms with Crippen LogP contribution in [0.4, 0.5) is 0 Å². The van der Waals surface area contributed by atoms with Crippen molar-refractivity contribution < 1.29 is 17.9 Å². The van der Waals surface area contributed by atoms with Crippen LogP contribution in [0, 0.1) is 17.2 Å². The van der Waals surface area contributed by atoms with Crippen LogP contribution in [-0.2, 0) is 19.6 Å². The molecule has 2 unspecified atom stereocenters. The van der Waals surface area contributed by atoms with E-state index in [1.807, 2.05) is 13.8 Å². The Hall–Kier alpha value is -1.67. The lowest BCUT2D eigenvalue weighted by Gasteiger charge is -2.28. The smallest absolute Gasteiger partial charge is 0.244 e. The van der Waals surface area contributed by atoms with Gasteiger partial charge in [0, 0.05) is 19.3 Å². The fraction of sp³-hybridized carbons (Fsp3) is 0.611. The molecule has 1 N–H and O–H groups in total. The average Bonchev–Trinajstić information content (AvgIpc) is 2.68. The maximum atomic E-state index is 12.6. The summed E-state index contributed by atoms with van der Waals surface area (Å²) in [5.74, 6) is -0.309. The highest BCUT2D eigenvalue weighted by atomic mass is 32.2. The SMILES string of the molecule is CC(Sc1ccc(S(=O)(=O)N2CCOCC2)cn1)C(=O)NC(C)(C#N)C(C)C. The Kier molecular flexibility index (Phi) is 7.45. The van der Waals surface area contributed by atoms with Gasteiger partial charge in [-0.1, -0.05) is 25.6 Å². The topological polar surface area (TPSA) is 112 Å². The van der Waals surface area contributed by atoms with E-state index in [1.165, 1.54) is 28.3 Å². The monoisotopic (exact) mass is 426 g/mol. The van der Waals surface area contributed by atoms with Crippen LogP contribution in [0.25, 0.3) is 0 Å². The van der Waals surface area contributed by atoms with E-state index in [1.54, 1.807) is 19.9 Å². The van der Waals surface area contributed by atoms with Gasteiger partial charge in [-0.05, 0) is 31.9 Å². The van der Waals surface area contributed by atoms with Crippen molar-refractivity contribution in [1.82, 2.24) is 14.6 Å². The number of thioether (sulfide) groups is 1. The minimum Gasteiger partial charge on any atom is -0.379 e. The van der Waals surface area contributed by atoms with Gasteiger partial charge in [-0.3, -0.25) is 4.79 Å². The number of nitriles is 1. The summed E-state index contributed by atoms with van der Waals surface area (Å²) in [5, 5.41) is 12.2. The molecule has 1 amide bonds. The lowest BCUT2D eigenvalue weighted by molar-refractivity contribution is -0.121. The molecule has 1 fully saturated rings. The van der Waals surface area contributed by atoms with Crippen molar-refractivity contribution >= 4 is 27.7 Å². The zero-order valence-electron chi connectivity index (χ0n) is 16.5. The van der Waals surface area contributed by atoms with Crippen LogP contribution in [0.2, 0.25) is 0 Å². The van der Waals surface area contributed by atoms with E-state index in [2.05, 4.69) is 16.4 Å². The van der Waals surface area contributed by atoms with Crippen molar-refractivity contribution in [2.75, 3.05) is 26.3 Å². The summed E-state index contributed by atoms with van der Waals surface area (Å²) in [5.41, 5.74) is -0.949. The highest BCUT2D eigenvalue weighted by Gasteiger charge is 2.32. The molecule has 1 aliphatic heterocycles. The van der Waals surface area contributed by atoms with Gasteiger partial charge in [0.05, 0.1) is 29.6 Å². The minimum absolute atomic E-state index is 0.0403. The zero-order chi connectivity index (χ0) is 20.9. The Labute approximate surface area is 170 Å². The standard InChI is InChI=1S/C18H26N4O4S2/c1-13(2)18(4,12-19)21-17(23)14(3)27-16-6-5-15(11-20-16)28(24,25)22-7-9-26-10-8-22/h5-6,11,13-14H,7-10H2,1-4H3,(H,21,23). The van der Waals surface area contributed by atoms with Gasteiger partial charge in [0.25, 0.3) is 0 Å². The molecule has 1 aliphatic rings. The molecule has 2 heterocycles. The van der Waals surface area contributed by atoms with Gasteiger partial charge in [-0.15, -0.1) is 0 Å². The summed E-state index contributed by atoms with van der Waals surface area (Å²) in [6.45, 7) is 8.56. The summed E-state index contributed by atoms with van der Waals surface area (Å²) in [6.07, 6.45) is 1.31. The first-order valence-electron chi connectivity index (χ1n) is 9.04. The maximum absolute atomic E-state index is 12.6. The van der Waals surface area contributed by atoms with E-state index in [9.17, 15) is 18.5 Å². The van der Waals surface area contributed by atoms with Crippen LogP contribution < -0.4 is 5.32 Å². The molecule has 1 aromatic rings. The second kappa shape index (κ2) is 9.22. The van der Waals surface area contributed by atoms with Gasteiger partial charge in [-0.25, -0.2) is 13.4 Å². The summed E-state index contributed by atoms with van der Waals surface area (Å²) in [6, 6.07) is 5.23. The Morgan fingerprint density at radius 1 is 1.36 bits per heavy atom. The summed E-state index contributed by atoms with van der Waals surface area (Å²) in [7, 11) is -3.59. The number of carbonyl (C=O) groups is 1. The second-order valence-corrected chi connectivity index (χ2v) is 10.4. The van der Waals surface area contributed by atoms with Gasteiger partial charge in [0.15, 0.2) is 0 Å². The zero-order valence-corrected chi connectivity index (χ0v) is 18.1. The van der Waals surface area contributed by atoms with E-state index in [0.717, 1.165) is 0 Å². The van der Waals surface area contributed by atoms with Crippen LogP contribution in [0.5, 0.6) is 0 Å². The number of amides is 1. The maximum Gasteiger partial charge on any atom is 0.244 e.